The van der Waals surface area contributed by atoms with Gasteiger partial charge in [-0.2, -0.15) is 0 Å². The van der Waals surface area contributed by atoms with Crippen molar-refractivity contribution in [1.82, 2.24) is 4.57 Å². The lowest BCUT2D eigenvalue weighted by atomic mass is 9.89. The summed E-state index contributed by atoms with van der Waals surface area (Å²) >= 11 is 1.26. The highest BCUT2D eigenvalue weighted by molar-refractivity contribution is 7.07. The van der Waals surface area contributed by atoms with Gasteiger partial charge in [0.25, 0.3) is 5.56 Å². The molecule has 1 atom stereocenters. The molecular formula is C34H26N2O6S. The summed E-state index contributed by atoms with van der Waals surface area (Å²) in [6.07, 6.45) is 1.80. The minimum atomic E-state index is -0.870. The van der Waals surface area contributed by atoms with E-state index in [1.165, 1.54) is 11.3 Å². The minimum absolute atomic E-state index is 0.159. The maximum Gasteiger partial charge on any atom is 0.338 e. The lowest BCUT2D eigenvalue weighted by Gasteiger charge is -2.28. The van der Waals surface area contributed by atoms with Gasteiger partial charge in [-0.15, -0.1) is 0 Å². The number of fused-ring (bicyclic) bond motifs is 3. The van der Waals surface area contributed by atoms with E-state index in [0.29, 0.717) is 37.8 Å². The van der Waals surface area contributed by atoms with Gasteiger partial charge in [0.2, 0.25) is 6.79 Å². The summed E-state index contributed by atoms with van der Waals surface area (Å²) in [6.45, 7) is 2.08. The molecule has 3 heterocycles. The second kappa shape index (κ2) is 10.9. The molecule has 43 heavy (non-hydrogen) atoms. The topological polar surface area (TPSA) is 88.4 Å². The fraction of sp³-hybridized carbons (Fsp3) is 0.147. The molecule has 0 aliphatic carbocycles. The second-order valence-corrected chi connectivity index (χ2v) is 11.0. The summed E-state index contributed by atoms with van der Waals surface area (Å²) < 4.78 is 24.5. The lowest BCUT2D eigenvalue weighted by Crippen LogP contribution is -2.40. The smallest absolute Gasteiger partial charge is 0.338 e. The van der Waals surface area contributed by atoms with E-state index in [0.717, 1.165) is 21.9 Å². The predicted octanol–water partition coefficient (Wildman–Crippen LogP) is 4.83. The zero-order valence-electron chi connectivity index (χ0n) is 23.4. The third kappa shape index (κ3) is 4.58. The largest absolute Gasteiger partial charge is 0.496 e. The molecule has 7 rings (SSSR count). The molecule has 0 fully saturated rings. The van der Waals surface area contributed by atoms with Crippen LogP contribution in [0.25, 0.3) is 22.5 Å². The van der Waals surface area contributed by atoms with Crippen LogP contribution in [0.3, 0.4) is 0 Å². The van der Waals surface area contributed by atoms with Crippen molar-refractivity contribution in [2.75, 3.05) is 20.5 Å². The molecule has 2 aliphatic rings. The van der Waals surface area contributed by atoms with E-state index in [-0.39, 0.29) is 24.5 Å². The van der Waals surface area contributed by atoms with Crippen LogP contribution in [0.4, 0.5) is 0 Å². The number of aromatic nitrogens is 1. The van der Waals surface area contributed by atoms with Crippen LogP contribution >= 0.6 is 11.3 Å². The zero-order chi connectivity index (χ0) is 29.5. The Morgan fingerprint density at radius 3 is 2.63 bits per heavy atom. The van der Waals surface area contributed by atoms with Gasteiger partial charge >= 0.3 is 5.97 Å². The van der Waals surface area contributed by atoms with Crippen molar-refractivity contribution in [2.24, 2.45) is 4.99 Å². The molecule has 0 unspecified atom stereocenters. The molecule has 0 spiro atoms. The van der Waals surface area contributed by atoms with Crippen molar-refractivity contribution in [2.45, 2.75) is 13.0 Å². The molecule has 214 valence electrons. The van der Waals surface area contributed by atoms with Crippen molar-refractivity contribution in [3.05, 3.63) is 127 Å². The standard InChI is InChI=1S/C34H26N2O6S/c1-3-40-33(38)29-30(22-10-5-4-6-11-22)35-34-36(31(29)28-23-12-8-7-9-21(23)14-16-25(28)39-2)32(37)27(43-34)18-20-13-15-24-26(17-20)42-19-41-24/h4-18,31H,3,19H2,1-2H3/b27-18+/t31-/m0/s1. The number of benzene rings is 4. The number of hydrogen-bond acceptors (Lipinski definition) is 8. The fourth-order valence-electron chi connectivity index (χ4n) is 5.60. The van der Waals surface area contributed by atoms with Crippen LogP contribution in [0.5, 0.6) is 17.2 Å². The Hall–Kier alpha value is -5.15. The first-order valence-electron chi connectivity index (χ1n) is 13.8. The van der Waals surface area contributed by atoms with Gasteiger partial charge in [0.1, 0.15) is 11.8 Å². The van der Waals surface area contributed by atoms with E-state index in [4.69, 9.17) is 23.9 Å². The number of esters is 1. The second-order valence-electron chi connectivity index (χ2n) is 9.95. The number of carbonyl (C=O) groups excluding carboxylic acids is 1. The normalized spacial score (nSPS) is 15.8. The SMILES string of the molecule is CCOC(=O)C1=C(c2ccccc2)N=c2s/c(=C/c3ccc4c(c3)OCO4)c(=O)n2[C@H]1c1c(OC)ccc2ccccc12. The minimum Gasteiger partial charge on any atom is -0.496 e. The van der Waals surface area contributed by atoms with E-state index < -0.39 is 12.0 Å². The van der Waals surface area contributed by atoms with Gasteiger partial charge in [0, 0.05) is 11.1 Å². The Morgan fingerprint density at radius 2 is 1.81 bits per heavy atom. The zero-order valence-corrected chi connectivity index (χ0v) is 24.2. The van der Waals surface area contributed by atoms with Crippen LogP contribution < -0.4 is 29.1 Å². The average molecular weight is 591 g/mol. The van der Waals surface area contributed by atoms with Gasteiger partial charge < -0.3 is 18.9 Å². The van der Waals surface area contributed by atoms with E-state index >= 15 is 0 Å². The van der Waals surface area contributed by atoms with Crippen molar-refractivity contribution in [3.63, 3.8) is 0 Å². The molecule has 0 radical (unpaired) electrons. The molecule has 9 heteroatoms. The van der Waals surface area contributed by atoms with Gasteiger partial charge in [-0.3, -0.25) is 9.36 Å². The number of hydrogen-bond donors (Lipinski definition) is 0. The average Bonchev–Trinajstić information content (AvgIpc) is 3.63. The Balaban J connectivity index is 1.57. The number of thiazole rings is 1. The number of rotatable bonds is 6. The third-order valence-electron chi connectivity index (χ3n) is 7.49. The molecule has 1 aromatic heterocycles. The van der Waals surface area contributed by atoms with Crippen LogP contribution in [0.2, 0.25) is 0 Å². The van der Waals surface area contributed by atoms with Crippen LogP contribution in [-0.4, -0.2) is 31.0 Å². The molecular weight excluding hydrogens is 564 g/mol. The molecule has 0 bridgehead atoms. The summed E-state index contributed by atoms with van der Waals surface area (Å²) in [6, 6.07) is 25.8. The summed E-state index contributed by atoms with van der Waals surface area (Å²) in [5.41, 5.74) is 2.64. The van der Waals surface area contributed by atoms with Crippen molar-refractivity contribution in [1.29, 1.82) is 0 Å². The monoisotopic (exact) mass is 590 g/mol. The highest BCUT2D eigenvalue weighted by Crippen LogP contribution is 2.42. The van der Waals surface area contributed by atoms with E-state index in [1.807, 2.05) is 84.9 Å². The van der Waals surface area contributed by atoms with Gasteiger partial charge in [-0.05, 0) is 47.5 Å². The van der Waals surface area contributed by atoms with Gasteiger partial charge in [-0.1, -0.05) is 78.1 Å². The fourth-order valence-corrected chi connectivity index (χ4v) is 6.60. The number of ether oxygens (including phenoxy) is 4. The molecule has 4 aromatic carbocycles. The summed E-state index contributed by atoms with van der Waals surface area (Å²) in [4.78, 5) is 33.7. The third-order valence-corrected chi connectivity index (χ3v) is 8.48. The first kappa shape index (κ1) is 26.7. The number of carbonyl (C=O) groups is 1. The number of nitrogens with zero attached hydrogens (tertiary/aromatic N) is 2. The molecule has 0 N–H and O–H groups in total. The maximum atomic E-state index is 14.4. The summed E-state index contributed by atoms with van der Waals surface area (Å²) in [5, 5.41) is 1.80. The Morgan fingerprint density at radius 1 is 1.02 bits per heavy atom. The highest BCUT2D eigenvalue weighted by atomic mass is 32.1. The maximum absolute atomic E-state index is 14.4. The van der Waals surface area contributed by atoms with Crippen LogP contribution in [0, 0.1) is 0 Å². The molecule has 0 saturated carbocycles. The van der Waals surface area contributed by atoms with Crippen molar-refractivity contribution in [3.8, 4) is 17.2 Å². The first-order valence-corrected chi connectivity index (χ1v) is 14.6. The molecule has 2 aliphatic heterocycles. The molecule has 8 nitrogen and oxygen atoms in total. The highest BCUT2D eigenvalue weighted by Gasteiger charge is 2.37. The van der Waals surface area contributed by atoms with E-state index in [1.54, 1.807) is 24.7 Å². The van der Waals surface area contributed by atoms with Crippen molar-refractivity contribution < 1.29 is 23.7 Å². The van der Waals surface area contributed by atoms with E-state index in [2.05, 4.69) is 0 Å². The van der Waals surface area contributed by atoms with Crippen LogP contribution in [0.15, 0.2) is 100 Å². The van der Waals surface area contributed by atoms with Crippen molar-refractivity contribution >= 4 is 39.9 Å². The molecule has 0 saturated heterocycles. The first-order chi connectivity index (χ1) is 21.1. The van der Waals surface area contributed by atoms with Crippen LogP contribution in [-0.2, 0) is 9.53 Å². The quantitative estimate of drug-likeness (QED) is 0.264. The van der Waals surface area contributed by atoms with Gasteiger partial charge in [0.05, 0.1) is 29.5 Å². The Bertz CT molecular complexity index is 2110. The van der Waals surface area contributed by atoms with E-state index in [9.17, 15) is 9.59 Å². The van der Waals surface area contributed by atoms with Gasteiger partial charge in [-0.25, -0.2) is 9.79 Å². The van der Waals surface area contributed by atoms with Gasteiger partial charge in [0.15, 0.2) is 16.3 Å². The van der Waals surface area contributed by atoms with Crippen LogP contribution in [0.1, 0.15) is 29.7 Å². The number of methoxy groups -OCH3 is 1. The Kier molecular flexibility index (Phi) is 6.79. The lowest BCUT2D eigenvalue weighted by molar-refractivity contribution is -0.138. The summed E-state index contributed by atoms with van der Waals surface area (Å²) in [5.74, 6) is 1.28. The molecule has 0 amide bonds. The summed E-state index contributed by atoms with van der Waals surface area (Å²) in [7, 11) is 1.59. The predicted molar refractivity (Wildman–Crippen MR) is 164 cm³/mol. The molecule has 5 aromatic rings. The Labute approximate surface area is 250 Å².